The summed E-state index contributed by atoms with van der Waals surface area (Å²) in [5, 5.41) is 1.05. The third-order valence-electron chi connectivity index (χ3n) is 7.34. The maximum absolute atomic E-state index is 13.8. The third kappa shape index (κ3) is 3.17. The summed E-state index contributed by atoms with van der Waals surface area (Å²) in [6.45, 7) is 0.372. The van der Waals surface area contributed by atoms with E-state index in [4.69, 9.17) is 9.47 Å². The molecule has 0 spiro atoms. The van der Waals surface area contributed by atoms with E-state index in [2.05, 4.69) is 4.98 Å². The average molecular weight is 483 g/mol. The van der Waals surface area contributed by atoms with Crippen LogP contribution in [0.2, 0.25) is 0 Å². The Labute approximate surface area is 206 Å². The molecule has 3 aliphatic rings. The van der Waals surface area contributed by atoms with E-state index >= 15 is 0 Å². The summed E-state index contributed by atoms with van der Waals surface area (Å²) in [5.74, 6) is 0.710. The Morgan fingerprint density at radius 1 is 0.972 bits per heavy atom. The molecule has 1 aromatic heterocycles. The number of carbonyl (C=O) groups is 2. The molecule has 0 bridgehead atoms. The van der Waals surface area contributed by atoms with Gasteiger partial charge in [-0.25, -0.2) is 4.39 Å². The molecule has 3 aliphatic heterocycles. The van der Waals surface area contributed by atoms with Crippen LogP contribution in [0.15, 0.2) is 66.7 Å². The van der Waals surface area contributed by atoms with Crippen molar-refractivity contribution in [2.75, 3.05) is 13.3 Å². The fourth-order valence-electron chi connectivity index (χ4n) is 5.70. The van der Waals surface area contributed by atoms with Gasteiger partial charge in [-0.15, -0.1) is 0 Å². The van der Waals surface area contributed by atoms with Crippen LogP contribution in [-0.2, 0) is 22.6 Å². The lowest BCUT2D eigenvalue weighted by Gasteiger charge is -2.47. The van der Waals surface area contributed by atoms with Crippen molar-refractivity contribution in [3.63, 3.8) is 0 Å². The number of aromatic nitrogens is 1. The van der Waals surface area contributed by atoms with E-state index in [0.717, 1.165) is 33.3 Å². The van der Waals surface area contributed by atoms with E-state index in [1.165, 1.54) is 12.1 Å². The Kier molecular flexibility index (Phi) is 4.57. The van der Waals surface area contributed by atoms with Crippen LogP contribution in [0.3, 0.4) is 0 Å². The molecular weight excluding hydrogens is 461 g/mol. The first kappa shape index (κ1) is 21.0. The molecule has 1 saturated heterocycles. The first-order valence-corrected chi connectivity index (χ1v) is 11.9. The van der Waals surface area contributed by atoms with Gasteiger partial charge in [0, 0.05) is 29.6 Å². The van der Waals surface area contributed by atoms with Crippen molar-refractivity contribution in [2.24, 2.45) is 0 Å². The Hall–Kier alpha value is -4.33. The summed E-state index contributed by atoms with van der Waals surface area (Å²) in [5.41, 5.74) is 4.56. The monoisotopic (exact) mass is 483 g/mol. The van der Waals surface area contributed by atoms with Crippen LogP contribution in [-0.4, -0.2) is 46.0 Å². The zero-order valence-electron chi connectivity index (χ0n) is 19.2. The molecule has 4 heterocycles. The van der Waals surface area contributed by atoms with Crippen molar-refractivity contribution < 1.29 is 23.5 Å². The number of carbonyl (C=O) groups excluding carboxylic acids is 2. The van der Waals surface area contributed by atoms with Gasteiger partial charge in [-0.3, -0.25) is 9.59 Å². The highest BCUT2D eigenvalue weighted by Crippen LogP contribution is 2.45. The molecule has 2 amide bonds. The summed E-state index contributed by atoms with van der Waals surface area (Å²) in [6.07, 6.45) is 0.422. The first-order chi connectivity index (χ1) is 17.6. The van der Waals surface area contributed by atoms with Gasteiger partial charge in [-0.2, -0.15) is 0 Å². The zero-order valence-corrected chi connectivity index (χ0v) is 19.2. The Morgan fingerprint density at radius 3 is 2.64 bits per heavy atom. The van der Waals surface area contributed by atoms with Crippen LogP contribution in [0.4, 0.5) is 4.39 Å². The molecule has 180 valence electrons. The number of H-pyrrole nitrogens is 1. The number of ether oxygens (including phenoxy) is 2. The van der Waals surface area contributed by atoms with E-state index in [0.29, 0.717) is 17.9 Å². The van der Waals surface area contributed by atoms with E-state index in [1.807, 2.05) is 42.5 Å². The molecule has 0 aliphatic carbocycles. The molecule has 0 unspecified atom stereocenters. The van der Waals surface area contributed by atoms with Crippen LogP contribution < -0.4 is 9.47 Å². The molecule has 4 aromatic rings. The molecule has 0 radical (unpaired) electrons. The predicted molar refractivity (Wildman–Crippen MR) is 129 cm³/mol. The summed E-state index contributed by atoms with van der Waals surface area (Å²) >= 11 is 0. The largest absolute Gasteiger partial charge is 0.454 e. The first-order valence-electron chi connectivity index (χ1n) is 11.9. The number of rotatable bonds is 3. The second-order valence-corrected chi connectivity index (χ2v) is 9.42. The quantitative estimate of drug-likeness (QED) is 0.479. The minimum atomic E-state index is -0.645. The molecule has 8 heteroatoms. The number of halogens is 1. The normalized spacial score (nSPS) is 20.6. The number of para-hydroxylation sites is 1. The van der Waals surface area contributed by atoms with Gasteiger partial charge < -0.3 is 24.3 Å². The van der Waals surface area contributed by atoms with Crippen molar-refractivity contribution in [3.05, 3.63) is 94.9 Å². The molecule has 7 rings (SSSR count). The fourth-order valence-corrected chi connectivity index (χ4v) is 5.70. The lowest BCUT2D eigenvalue weighted by atomic mass is 9.86. The van der Waals surface area contributed by atoms with E-state index < -0.39 is 12.1 Å². The zero-order chi connectivity index (χ0) is 24.4. The number of nitrogens with one attached hydrogen (secondary N) is 1. The van der Waals surface area contributed by atoms with Crippen molar-refractivity contribution in [1.29, 1.82) is 0 Å². The van der Waals surface area contributed by atoms with Crippen molar-refractivity contribution in [2.45, 2.75) is 25.0 Å². The Morgan fingerprint density at radius 2 is 1.78 bits per heavy atom. The molecular formula is C28H22FN3O4. The SMILES string of the molecule is O=C1[C@@H]2Cc3c([nH]c4ccccc34)[C@H](c3ccc4c(c3)OCO4)N2C(=O)CN1Cc1ccc(F)cc1. The van der Waals surface area contributed by atoms with Crippen LogP contribution >= 0.6 is 0 Å². The van der Waals surface area contributed by atoms with Crippen LogP contribution in [0.5, 0.6) is 11.5 Å². The number of piperazine rings is 1. The van der Waals surface area contributed by atoms with Gasteiger partial charge in [0.2, 0.25) is 18.6 Å². The number of fused-ring (bicyclic) bond motifs is 5. The van der Waals surface area contributed by atoms with E-state index in [-0.39, 0.29) is 37.5 Å². The predicted octanol–water partition coefficient (Wildman–Crippen LogP) is 3.92. The Balaban J connectivity index is 1.33. The number of hydrogen-bond donors (Lipinski definition) is 1. The molecule has 0 saturated carbocycles. The van der Waals surface area contributed by atoms with Gasteiger partial charge in [0.25, 0.3) is 0 Å². The molecule has 1 fully saturated rings. The number of aromatic amines is 1. The second-order valence-electron chi connectivity index (χ2n) is 9.42. The highest BCUT2D eigenvalue weighted by Gasteiger charge is 2.48. The molecule has 7 nitrogen and oxygen atoms in total. The smallest absolute Gasteiger partial charge is 0.246 e. The topological polar surface area (TPSA) is 74.9 Å². The van der Waals surface area contributed by atoms with Gasteiger partial charge in [0.1, 0.15) is 18.4 Å². The summed E-state index contributed by atoms with van der Waals surface area (Å²) in [6, 6.07) is 18.6. The van der Waals surface area contributed by atoms with E-state index in [1.54, 1.807) is 21.9 Å². The van der Waals surface area contributed by atoms with Gasteiger partial charge in [0.15, 0.2) is 11.5 Å². The molecule has 1 N–H and O–H groups in total. The lowest BCUT2D eigenvalue weighted by Crippen LogP contribution is -2.62. The molecule has 3 aromatic carbocycles. The average Bonchev–Trinajstić information content (AvgIpc) is 3.51. The number of benzene rings is 3. The van der Waals surface area contributed by atoms with Crippen molar-refractivity contribution >= 4 is 22.7 Å². The van der Waals surface area contributed by atoms with Crippen LogP contribution in [0.25, 0.3) is 10.9 Å². The number of nitrogens with zero attached hydrogens (tertiary/aromatic N) is 2. The van der Waals surface area contributed by atoms with E-state index in [9.17, 15) is 14.0 Å². The summed E-state index contributed by atoms with van der Waals surface area (Å²) < 4.78 is 24.5. The summed E-state index contributed by atoms with van der Waals surface area (Å²) in [7, 11) is 0. The maximum Gasteiger partial charge on any atom is 0.246 e. The van der Waals surface area contributed by atoms with Gasteiger partial charge in [-0.05, 0) is 47.0 Å². The van der Waals surface area contributed by atoms with Crippen LogP contribution in [0.1, 0.15) is 28.4 Å². The molecule has 36 heavy (non-hydrogen) atoms. The van der Waals surface area contributed by atoms with Crippen LogP contribution in [0, 0.1) is 5.82 Å². The van der Waals surface area contributed by atoms with Crippen molar-refractivity contribution in [1.82, 2.24) is 14.8 Å². The summed E-state index contributed by atoms with van der Waals surface area (Å²) in [4.78, 5) is 34.3. The standard InChI is InChI=1S/C28H22FN3O4/c29-18-8-5-16(6-9-18)13-31-14-25(33)32-22(28(31)34)12-20-19-3-1-2-4-21(19)30-26(20)27(32)17-7-10-23-24(11-17)36-15-35-23/h1-11,22,27,30H,12-15H2/t22-,27-/m0/s1. The van der Waals surface area contributed by atoms with Gasteiger partial charge in [0.05, 0.1) is 6.04 Å². The third-order valence-corrected chi connectivity index (χ3v) is 7.34. The highest BCUT2D eigenvalue weighted by molar-refractivity contribution is 5.97. The number of amides is 2. The van der Waals surface area contributed by atoms with Crippen molar-refractivity contribution in [3.8, 4) is 11.5 Å². The minimum absolute atomic E-state index is 0.0384. The fraction of sp³-hybridized carbons (Fsp3) is 0.214. The Bertz CT molecular complexity index is 1530. The number of hydrogen-bond acceptors (Lipinski definition) is 4. The second kappa shape index (κ2) is 7.84. The highest BCUT2D eigenvalue weighted by atomic mass is 19.1. The van der Waals surface area contributed by atoms with Gasteiger partial charge in [-0.1, -0.05) is 36.4 Å². The maximum atomic E-state index is 13.8. The lowest BCUT2D eigenvalue weighted by molar-refractivity contribution is -0.159. The minimum Gasteiger partial charge on any atom is -0.454 e. The van der Waals surface area contributed by atoms with Gasteiger partial charge >= 0.3 is 0 Å². The molecule has 2 atom stereocenters.